The molecule has 2 heteroatoms. The summed E-state index contributed by atoms with van der Waals surface area (Å²) in [7, 11) is 0. The first-order valence-corrected chi connectivity index (χ1v) is 21.3. The summed E-state index contributed by atoms with van der Waals surface area (Å²) in [4.78, 5) is 0. The second-order valence-electron chi connectivity index (χ2n) is 17.0. The molecule has 0 atom stereocenters. The van der Waals surface area contributed by atoms with Crippen LogP contribution < -0.4 is 0 Å². The minimum absolute atomic E-state index is 0.979. The van der Waals surface area contributed by atoms with Crippen molar-refractivity contribution in [3.63, 3.8) is 0 Å². The van der Waals surface area contributed by atoms with Crippen molar-refractivity contribution in [1.29, 1.82) is 0 Å². The Bertz CT molecular complexity index is 3320. The number of rotatable bonds is 6. The molecular formula is C57H48N2. The van der Waals surface area contributed by atoms with E-state index in [-0.39, 0.29) is 0 Å². The minimum Gasteiger partial charge on any atom is -0.309 e. The third kappa shape index (κ3) is 5.32. The first kappa shape index (κ1) is 35.5. The zero-order valence-corrected chi connectivity index (χ0v) is 34.7. The van der Waals surface area contributed by atoms with Crippen LogP contribution in [0.3, 0.4) is 0 Å². The van der Waals surface area contributed by atoms with Crippen molar-refractivity contribution >= 4 is 49.3 Å². The third-order valence-corrected chi connectivity index (χ3v) is 13.6. The van der Waals surface area contributed by atoms with Gasteiger partial charge in [-0.25, -0.2) is 0 Å². The van der Waals surface area contributed by atoms with Gasteiger partial charge in [0.15, 0.2) is 0 Å². The molecule has 0 radical (unpaired) electrons. The molecule has 0 unspecified atom stereocenters. The van der Waals surface area contributed by atoms with Crippen molar-refractivity contribution in [3.8, 4) is 39.1 Å². The lowest BCUT2D eigenvalue weighted by Gasteiger charge is -2.31. The molecule has 2 aliphatic carbocycles. The molecule has 59 heavy (non-hydrogen) atoms. The van der Waals surface area contributed by atoms with Crippen LogP contribution in [0.2, 0.25) is 0 Å². The van der Waals surface area contributed by atoms with Gasteiger partial charge in [0.25, 0.3) is 0 Å². The van der Waals surface area contributed by atoms with Crippen molar-refractivity contribution in [2.24, 2.45) is 0 Å². The maximum absolute atomic E-state index is 4.16. The molecule has 0 saturated heterocycles. The fourth-order valence-electron chi connectivity index (χ4n) is 10.5. The number of hydrogen-bond donors (Lipinski definition) is 0. The van der Waals surface area contributed by atoms with Gasteiger partial charge in [0.2, 0.25) is 0 Å². The van der Waals surface area contributed by atoms with Crippen molar-refractivity contribution in [2.75, 3.05) is 0 Å². The number of nitrogens with zero attached hydrogens (tertiary/aromatic N) is 2. The van der Waals surface area contributed by atoms with Crippen LogP contribution in [0, 0.1) is 27.7 Å². The normalized spacial score (nSPS) is 13.7. The Morgan fingerprint density at radius 3 is 1.63 bits per heavy atom. The Morgan fingerprint density at radius 2 is 1.05 bits per heavy atom. The lowest BCUT2D eigenvalue weighted by atomic mass is 9.74. The Kier molecular flexibility index (Phi) is 8.10. The number of benzene rings is 7. The Balaban J connectivity index is 1.21. The van der Waals surface area contributed by atoms with E-state index in [0.717, 1.165) is 31.4 Å². The topological polar surface area (TPSA) is 9.86 Å². The molecule has 0 bridgehead atoms. The second-order valence-corrected chi connectivity index (χ2v) is 17.0. The van der Waals surface area contributed by atoms with Crippen LogP contribution in [-0.2, 0) is 25.7 Å². The molecule has 2 aromatic heterocycles. The number of aryl methyl sites for hydroxylation is 8. The van der Waals surface area contributed by atoms with Gasteiger partial charge < -0.3 is 9.13 Å². The predicted octanol–water partition coefficient (Wildman–Crippen LogP) is 14.9. The molecule has 286 valence electrons. The average molecular weight is 761 g/mol. The summed E-state index contributed by atoms with van der Waals surface area (Å²) in [5, 5.41) is 5.36. The lowest BCUT2D eigenvalue weighted by Crippen LogP contribution is -2.16. The molecular weight excluding hydrogens is 713 g/mol. The summed E-state index contributed by atoms with van der Waals surface area (Å²) in [5.74, 6) is 0. The molecule has 0 amide bonds. The van der Waals surface area contributed by atoms with Gasteiger partial charge in [-0.15, -0.1) is 0 Å². The highest BCUT2D eigenvalue weighted by atomic mass is 15.0. The first-order valence-electron chi connectivity index (χ1n) is 21.3. The highest BCUT2D eigenvalue weighted by Gasteiger charge is 2.33. The van der Waals surface area contributed by atoms with Crippen molar-refractivity contribution < 1.29 is 0 Å². The largest absolute Gasteiger partial charge is 0.309 e. The molecule has 0 aliphatic heterocycles. The smallest absolute Gasteiger partial charge is 0.0579 e. The van der Waals surface area contributed by atoms with Gasteiger partial charge in [0.05, 0.1) is 22.1 Å². The van der Waals surface area contributed by atoms with Gasteiger partial charge in [-0.1, -0.05) is 85.5 Å². The summed E-state index contributed by atoms with van der Waals surface area (Å²) in [6, 6.07) is 44.1. The van der Waals surface area contributed by atoms with Gasteiger partial charge in [0.1, 0.15) is 0 Å². The maximum atomic E-state index is 4.16. The highest BCUT2D eigenvalue weighted by molar-refractivity contribution is 6.17. The molecule has 0 spiro atoms. The van der Waals surface area contributed by atoms with Gasteiger partial charge in [0, 0.05) is 32.9 Å². The van der Waals surface area contributed by atoms with Gasteiger partial charge in [-0.3, -0.25) is 0 Å². The van der Waals surface area contributed by atoms with Crippen LogP contribution >= 0.6 is 0 Å². The summed E-state index contributed by atoms with van der Waals surface area (Å²) in [5.41, 5.74) is 26.8. The number of para-hydroxylation sites is 1. The molecule has 2 aliphatic rings. The van der Waals surface area contributed by atoms with Gasteiger partial charge in [-0.05, 0) is 199 Å². The Hall–Kier alpha value is -6.64. The summed E-state index contributed by atoms with van der Waals surface area (Å²) in [6.45, 7) is 15.1. The standard InChI is InChI=1S/C57H48N2/c1-7-12-44(13-8-2)58-52-26-22-40(38-18-16-34(3)36(5)28-38)30-48(52)50-32-42-20-21-43-33-51-49-31-41(39-19-17-35(4)37(6)29-39)23-27-53(49)59(45-14-10-9-11-15-45)57(51)47-25-24-46(56(50)58)54(42)55(43)47/h7-19,22-23,26-33H,1,20-21,24-25H2,2-6H3/b13-8-,44-12+. The fraction of sp³-hybridized carbons (Fsp3) is 0.158. The lowest BCUT2D eigenvalue weighted by molar-refractivity contribution is 0.884. The van der Waals surface area contributed by atoms with Crippen LogP contribution in [0.5, 0.6) is 0 Å². The van der Waals surface area contributed by atoms with E-state index >= 15 is 0 Å². The maximum Gasteiger partial charge on any atom is 0.0579 e. The molecule has 11 rings (SSSR count). The van der Waals surface area contributed by atoms with E-state index in [0.29, 0.717) is 0 Å². The molecule has 0 fully saturated rings. The molecule has 9 aromatic rings. The van der Waals surface area contributed by atoms with Crippen molar-refractivity contribution in [1.82, 2.24) is 9.13 Å². The van der Waals surface area contributed by atoms with E-state index in [1.807, 2.05) is 6.08 Å². The summed E-state index contributed by atoms with van der Waals surface area (Å²) in [6.07, 6.45) is 12.5. The molecule has 0 N–H and O–H groups in total. The zero-order chi connectivity index (χ0) is 40.1. The quantitative estimate of drug-likeness (QED) is 0.149. The highest BCUT2D eigenvalue weighted by Crippen LogP contribution is 2.51. The third-order valence-electron chi connectivity index (χ3n) is 13.6. The Morgan fingerprint density at radius 1 is 0.525 bits per heavy atom. The van der Waals surface area contributed by atoms with Crippen LogP contribution in [0.15, 0.2) is 146 Å². The van der Waals surface area contributed by atoms with Gasteiger partial charge >= 0.3 is 0 Å². The van der Waals surface area contributed by atoms with E-state index in [4.69, 9.17) is 0 Å². The summed E-state index contributed by atoms with van der Waals surface area (Å²) >= 11 is 0. The predicted molar refractivity (Wildman–Crippen MR) is 253 cm³/mol. The fourth-order valence-corrected chi connectivity index (χ4v) is 10.5. The number of fused-ring (bicyclic) bond motifs is 8. The van der Waals surface area contributed by atoms with Crippen LogP contribution in [-0.4, -0.2) is 9.13 Å². The van der Waals surface area contributed by atoms with Crippen LogP contribution in [0.4, 0.5) is 0 Å². The van der Waals surface area contributed by atoms with E-state index in [1.165, 1.54) is 127 Å². The van der Waals surface area contributed by atoms with E-state index < -0.39 is 0 Å². The molecule has 7 aromatic carbocycles. The van der Waals surface area contributed by atoms with E-state index in [9.17, 15) is 0 Å². The van der Waals surface area contributed by atoms with Crippen LogP contribution in [0.25, 0.3) is 88.4 Å². The monoisotopic (exact) mass is 760 g/mol. The van der Waals surface area contributed by atoms with Crippen molar-refractivity contribution in [3.05, 3.63) is 191 Å². The second kappa shape index (κ2) is 13.5. The Labute approximate surface area is 347 Å². The molecule has 2 nitrogen and oxygen atoms in total. The molecule has 0 saturated carbocycles. The number of allylic oxidation sites excluding steroid dienone is 5. The average Bonchev–Trinajstić information content (AvgIpc) is 3.76. The minimum atomic E-state index is 0.979. The summed E-state index contributed by atoms with van der Waals surface area (Å²) < 4.78 is 5.09. The van der Waals surface area contributed by atoms with Gasteiger partial charge in [-0.2, -0.15) is 0 Å². The number of aromatic nitrogens is 2. The zero-order valence-electron chi connectivity index (χ0n) is 34.7. The van der Waals surface area contributed by atoms with E-state index in [2.05, 4.69) is 184 Å². The first-order chi connectivity index (χ1) is 28.8. The van der Waals surface area contributed by atoms with Crippen LogP contribution in [0.1, 0.15) is 51.4 Å². The SMILES string of the molecule is C=C/C=C(\C=C/C)n1c2ccc(-c3ccc(C)c(C)c3)cc2c2cc3c4c(c21)CCc1c-4c(cc2c4cc(-c5ccc(C)c(C)c5)ccc4n(-c4ccccc4)c12)CC3. The van der Waals surface area contributed by atoms with E-state index in [1.54, 1.807) is 0 Å². The number of hydrogen-bond acceptors (Lipinski definition) is 0. The molecule has 2 heterocycles. The van der Waals surface area contributed by atoms with Crippen molar-refractivity contribution in [2.45, 2.75) is 60.3 Å².